The molecule has 0 bridgehead atoms. The Hall–Kier alpha value is -3.20. The highest BCUT2D eigenvalue weighted by Crippen LogP contribution is 2.30. The predicted molar refractivity (Wildman–Crippen MR) is 119 cm³/mol. The zero-order valence-corrected chi connectivity index (χ0v) is 18.4. The van der Waals surface area contributed by atoms with E-state index < -0.39 is 11.9 Å². The van der Waals surface area contributed by atoms with E-state index in [1.807, 2.05) is 19.1 Å². The maximum absolute atomic E-state index is 13.1. The van der Waals surface area contributed by atoms with Crippen LogP contribution < -0.4 is 14.8 Å². The SMILES string of the molecule is CCN1C(=O)[C@@H](CC(=O)Nc2ccc(F)cc2)N(Cc2ccc(OC)c(OC)c2)C1=S. The third-order valence-electron chi connectivity index (χ3n) is 5.03. The fraction of sp³-hybridized carbons (Fsp3) is 0.318. The Bertz CT molecular complexity index is 983. The molecule has 0 spiro atoms. The van der Waals surface area contributed by atoms with Crippen LogP contribution in [-0.2, 0) is 16.1 Å². The number of nitrogens with one attached hydrogen (secondary N) is 1. The third kappa shape index (κ3) is 4.93. The highest BCUT2D eigenvalue weighted by atomic mass is 32.1. The maximum atomic E-state index is 13.1. The monoisotopic (exact) mass is 445 g/mol. The molecule has 1 saturated heterocycles. The molecule has 1 aliphatic rings. The Morgan fingerprint density at radius 2 is 1.81 bits per heavy atom. The first-order valence-corrected chi connectivity index (χ1v) is 10.2. The zero-order valence-electron chi connectivity index (χ0n) is 17.6. The number of thiocarbonyl (C=S) groups is 1. The normalized spacial score (nSPS) is 15.9. The number of hydrogen-bond donors (Lipinski definition) is 1. The molecule has 0 radical (unpaired) electrons. The van der Waals surface area contributed by atoms with Gasteiger partial charge in [0.1, 0.15) is 11.9 Å². The van der Waals surface area contributed by atoms with E-state index in [9.17, 15) is 14.0 Å². The molecule has 0 unspecified atom stereocenters. The smallest absolute Gasteiger partial charge is 0.252 e. The van der Waals surface area contributed by atoms with Crippen LogP contribution in [0.25, 0.3) is 0 Å². The number of likely N-dealkylation sites (N-methyl/N-ethyl adjacent to an activating group) is 1. The van der Waals surface area contributed by atoms with Crippen LogP contribution in [0.2, 0.25) is 0 Å². The summed E-state index contributed by atoms with van der Waals surface area (Å²) in [4.78, 5) is 28.8. The first-order chi connectivity index (χ1) is 14.9. The number of methoxy groups -OCH3 is 2. The van der Waals surface area contributed by atoms with Gasteiger partial charge >= 0.3 is 0 Å². The number of ether oxygens (including phenoxy) is 2. The molecular formula is C22H24FN3O4S. The Morgan fingerprint density at radius 1 is 1.13 bits per heavy atom. The van der Waals surface area contributed by atoms with E-state index >= 15 is 0 Å². The lowest BCUT2D eigenvalue weighted by atomic mass is 10.1. The highest BCUT2D eigenvalue weighted by Gasteiger charge is 2.42. The molecule has 1 fully saturated rings. The average molecular weight is 446 g/mol. The van der Waals surface area contributed by atoms with Crippen molar-refractivity contribution in [2.45, 2.75) is 25.9 Å². The van der Waals surface area contributed by atoms with Gasteiger partial charge in [0, 0.05) is 18.8 Å². The first kappa shape index (κ1) is 22.5. The van der Waals surface area contributed by atoms with Crippen molar-refractivity contribution in [1.82, 2.24) is 9.80 Å². The topological polar surface area (TPSA) is 71.1 Å². The molecule has 7 nitrogen and oxygen atoms in total. The van der Waals surface area contributed by atoms with Crippen LogP contribution in [0.1, 0.15) is 18.9 Å². The van der Waals surface area contributed by atoms with Gasteiger partial charge in [0.25, 0.3) is 5.91 Å². The van der Waals surface area contributed by atoms with Crippen molar-refractivity contribution in [3.05, 3.63) is 53.8 Å². The maximum Gasteiger partial charge on any atom is 0.252 e. The summed E-state index contributed by atoms with van der Waals surface area (Å²) < 4.78 is 23.7. The molecule has 2 amide bonds. The van der Waals surface area contributed by atoms with Crippen LogP contribution in [0.3, 0.4) is 0 Å². The average Bonchev–Trinajstić information content (AvgIpc) is 2.98. The van der Waals surface area contributed by atoms with Gasteiger partial charge in [-0.15, -0.1) is 0 Å². The van der Waals surface area contributed by atoms with Crippen molar-refractivity contribution in [1.29, 1.82) is 0 Å². The lowest BCUT2D eigenvalue weighted by molar-refractivity contribution is -0.130. The Kier molecular flexibility index (Phi) is 7.06. The van der Waals surface area contributed by atoms with Gasteiger partial charge in [-0.05, 0) is 61.1 Å². The summed E-state index contributed by atoms with van der Waals surface area (Å²) in [5, 5.41) is 3.08. The Labute approximate surface area is 185 Å². The summed E-state index contributed by atoms with van der Waals surface area (Å²) in [6.07, 6.45) is -0.0832. The molecule has 31 heavy (non-hydrogen) atoms. The summed E-state index contributed by atoms with van der Waals surface area (Å²) in [7, 11) is 3.10. The van der Waals surface area contributed by atoms with E-state index in [0.29, 0.717) is 35.4 Å². The van der Waals surface area contributed by atoms with Crippen LogP contribution in [0.15, 0.2) is 42.5 Å². The minimum absolute atomic E-state index is 0.0832. The van der Waals surface area contributed by atoms with Gasteiger partial charge < -0.3 is 19.7 Å². The minimum Gasteiger partial charge on any atom is -0.493 e. The fourth-order valence-electron chi connectivity index (χ4n) is 3.46. The number of benzene rings is 2. The van der Waals surface area contributed by atoms with Crippen LogP contribution in [0.5, 0.6) is 11.5 Å². The van der Waals surface area contributed by atoms with Gasteiger partial charge in [-0.1, -0.05) is 6.07 Å². The summed E-state index contributed by atoms with van der Waals surface area (Å²) in [6.45, 7) is 2.58. The quantitative estimate of drug-likeness (QED) is 0.630. The van der Waals surface area contributed by atoms with E-state index in [-0.39, 0.29) is 18.2 Å². The molecule has 2 aromatic rings. The fourth-order valence-corrected chi connectivity index (χ4v) is 3.87. The van der Waals surface area contributed by atoms with Gasteiger partial charge in [-0.2, -0.15) is 0 Å². The number of rotatable bonds is 8. The number of amides is 2. The number of carbonyl (C=O) groups excluding carboxylic acids is 2. The Morgan fingerprint density at radius 3 is 2.42 bits per heavy atom. The van der Waals surface area contributed by atoms with Crippen molar-refractivity contribution in [2.24, 2.45) is 0 Å². The first-order valence-electron chi connectivity index (χ1n) is 9.76. The molecule has 1 aliphatic heterocycles. The second kappa shape index (κ2) is 9.74. The molecule has 1 N–H and O–H groups in total. The van der Waals surface area contributed by atoms with E-state index in [0.717, 1.165) is 5.56 Å². The largest absolute Gasteiger partial charge is 0.493 e. The molecule has 9 heteroatoms. The van der Waals surface area contributed by atoms with E-state index in [1.54, 1.807) is 25.2 Å². The number of nitrogens with zero attached hydrogens (tertiary/aromatic N) is 2. The standard InChI is InChI=1S/C22H24FN3O4S/c1-4-25-21(28)17(12-20(27)24-16-8-6-15(23)7-9-16)26(22(25)31)13-14-5-10-18(29-2)19(11-14)30-3/h5-11,17H,4,12-13H2,1-3H3,(H,24,27)/t17-/m1/s1. The van der Waals surface area contributed by atoms with Gasteiger partial charge in [-0.25, -0.2) is 4.39 Å². The second-order valence-corrected chi connectivity index (χ2v) is 7.32. The predicted octanol–water partition coefficient (Wildman–Crippen LogP) is 3.19. The lowest BCUT2D eigenvalue weighted by Crippen LogP contribution is -2.37. The lowest BCUT2D eigenvalue weighted by Gasteiger charge is -2.24. The number of halogens is 1. The summed E-state index contributed by atoms with van der Waals surface area (Å²) in [6, 6.07) is 10.2. The van der Waals surface area contributed by atoms with E-state index in [4.69, 9.17) is 21.7 Å². The molecular weight excluding hydrogens is 421 g/mol. The van der Waals surface area contributed by atoms with Gasteiger partial charge in [0.05, 0.1) is 20.6 Å². The van der Waals surface area contributed by atoms with Gasteiger partial charge in [0.15, 0.2) is 16.6 Å². The number of anilines is 1. The van der Waals surface area contributed by atoms with E-state index in [2.05, 4.69) is 5.32 Å². The molecule has 0 saturated carbocycles. The third-order valence-corrected chi connectivity index (χ3v) is 5.48. The number of carbonyl (C=O) groups is 2. The van der Waals surface area contributed by atoms with Gasteiger partial charge in [-0.3, -0.25) is 14.5 Å². The van der Waals surface area contributed by atoms with Crippen LogP contribution in [0, 0.1) is 5.82 Å². The van der Waals surface area contributed by atoms with Gasteiger partial charge in [0.2, 0.25) is 5.91 Å². The summed E-state index contributed by atoms with van der Waals surface area (Å²) in [5.74, 6) is 0.186. The molecule has 2 aromatic carbocycles. The minimum atomic E-state index is -0.735. The second-order valence-electron chi connectivity index (χ2n) is 6.96. The molecule has 3 rings (SSSR count). The van der Waals surface area contributed by atoms with Crippen LogP contribution in [-0.4, -0.2) is 53.5 Å². The summed E-state index contributed by atoms with van der Waals surface area (Å²) in [5.41, 5.74) is 1.31. The molecule has 0 aromatic heterocycles. The molecule has 1 heterocycles. The van der Waals surface area contributed by atoms with E-state index in [1.165, 1.54) is 29.2 Å². The summed E-state index contributed by atoms with van der Waals surface area (Å²) >= 11 is 5.52. The molecule has 1 atom stereocenters. The molecule has 0 aliphatic carbocycles. The van der Waals surface area contributed by atoms with Crippen molar-refractivity contribution >= 4 is 34.8 Å². The van der Waals surface area contributed by atoms with Crippen molar-refractivity contribution < 1.29 is 23.5 Å². The van der Waals surface area contributed by atoms with Crippen molar-refractivity contribution in [3.8, 4) is 11.5 Å². The zero-order chi connectivity index (χ0) is 22.5. The van der Waals surface area contributed by atoms with Crippen LogP contribution >= 0.6 is 12.2 Å². The Balaban J connectivity index is 1.79. The molecule has 164 valence electrons. The van der Waals surface area contributed by atoms with Crippen LogP contribution in [0.4, 0.5) is 10.1 Å². The highest BCUT2D eigenvalue weighted by molar-refractivity contribution is 7.80. The number of hydrogen-bond acceptors (Lipinski definition) is 5. The van der Waals surface area contributed by atoms with Crippen molar-refractivity contribution in [3.63, 3.8) is 0 Å². The van der Waals surface area contributed by atoms with Crippen molar-refractivity contribution in [2.75, 3.05) is 26.1 Å².